The highest BCUT2D eigenvalue weighted by Crippen LogP contribution is 2.27. The molecule has 0 fully saturated rings. The summed E-state index contributed by atoms with van der Waals surface area (Å²) in [6.45, 7) is 4.08. The van der Waals surface area contributed by atoms with Gasteiger partial charge >= 0.3 is 0 Å². The maximum atomic E-state index is 11.0. The molecule has 1 amide bonds. The fraction of sp³-hybridized carbons (Fsp3) is 0.182. The highest BCUT2D eigenvalue weighted by Gasteiger charge is 2.04. The first kappa shape index (κ1) is 19.5. The molecule has 1 aromatic heterocycles. The van der Waals surface area contributed by atoms with E-state index in [0.717, 1.165) is 17.1 Å². The molecule has 142 valence electrons. The number of thiazole rings is 1. The van der Waals surface area contributed by atoms with Crippen molar-refractivity contribution in [3.05, 3.63) is 71.2 Å². The molecule has 0 radical (unpaired) electrons. The van der Waals surface area contributed by atoms with Crippen LogP contribution >= 0.6 is 11.3 Å². The lowest BCUT2D eigenvalue weighted by atomic mass is 10.2. The summed E-state index contributed by atoms with van der Waals surface area (Å²) in [5.41, 5.74) is 2.25. The molecule has 0 aliphatic carbocycles. The van der Waals surface area contributed by atoms with Crippen LogP contribution in [0.4, 0.5) is 5.69 Å². The maximum Gasteiger partial charge on any atom is 0.279 e. The molecule has 3 aromatic rings. The molecular formula is C22H21N3O2S. The Morgan fingerprint density at radius 2 is 1.93 bits per heavy atom. The van der Waals surface area contributed by atoms with Crippen molar-refractivity contribution in [2.75, 3.05) is 5.32 Å². The van der Waals surface area contributed by atoms with Crippen molar-refractivity contribution in [3.63, 3.8) is 0 Å². The molecule has 0 saturated carbocycles. The third-order valence-electron chi connectivity index (χ3n) is 3.72. The van der Waals surface area contributed by atoms with Gasteiger partial charge in [-0.25, -0.2) is 4.98 Å². The zero-order valence-electron chi connectivity index (χ0n) is 15.7. The van der Waals surface area contributed by atoms with Crippen LogP contribution in [0.25, 0.3) is 0 Å². The van der Waals surface area contributed by atoms with Gasteiger partial charge in [0.25, 0.3) is 5.19 Å². The van der Waals surface area contributed by atoms with Gasteiger partial charge in [-0.3, -0.25) is 4.79 Å². The van der Waals surface area contributed by atoms with Gasteiger partial charge in [0.2, 0.25) is 5.91 Å². The van der Waals surface area contributed by atoms with Crippen molar-refractivity contribution in [1.29, 1.82) is 0 Å². The lowest BCUT2D eigenvalue weighted by Gasteiger charge is -2.07. The van der Waals surface area contributed by atoms with E-state index in [1.165, 1.54) is 23.8 Å². The lowest BCUT2D eigenvalue weighted by Crippen LogP contribution is -2.28. The van der Waals surface area contributed by atoms with Crippen molar-refractivity contribution in [2.24, 2.45) is 0 Å². The summed E-state index contributed by atoms with van der Waals surface area (Å²) < 4.78 is 5.79. The third kappa shape index (κ3) is 6.15. The minimum absolute atomic E-state index is 0.100. The van der Waals surface area contributed by atoms with Gasteiger partial charge in [-0.2, -0.15) is 0 Å². The SMILES string of the molecule is CC(=O)NC(C)C#Cc1cnc(Oc2ccc(NCc3ccccc3)cc2)s1. The monoisotopic (exact) mass is 391 g/mol. The summed E-state index contributed by atoms with van der Waals surface area (Å²) in [6.07, 6.45) is 1.67. The van der Waals surface area contributed by atoms with Crippen molar-refractivity contribution in [3.8, 4) is 22.8 Å². The Labute approximate surface area is 168 Å². The summed E-state index contributed by atoms with van der Waals surface area (Å²) in [4.78, 5) is 16.0. The molecule has 1 unspecified atom stereocenters. The van der Waals surface area contributed by atoms with E-state index in [2.05, 4.69) is 39.6 Å². The van der Waals surface area contributed by atoms with Crippen LogP contribution in [0, 0.1) is 11.8 Å². The van der Waals surface area contributed by atoms with Crippen LogP contribution in [0.1, 0.15) is 24.3 Å². The number of aromatic nitrogens is 1. The van der Waals surface area contributed by atoms with Gasteiger partial charge in [-0.1, -0.05) is 53.5 Å². The Morgan fingerprint density at radius 3 is 2.64 bits per heavy atom. The van der Waals surface area contributed by atoms with E-state index < -0.39 is 0 Å². The Hall–Kier alpha value is -3.30. The first-order valence-electron chi connectivity index (χ1n) is 8.88. The number of nitrogens with zero attached hydrogens (tertiary/aromatic N) is 1. The Morgan fingerprint density at radius 1 is 1.18 bits per heavy atom. The van der Waals surface area contributed by atoms with Crippen molar-refractivity contribution in [1.82, 2.24) is 10.3 Å². The Balaban J connectivity index is 1.54. The van der Waals surface area contributed by atoms with Gasteiger partial charge in [0.1, 0.15) is 10.6 Å². The fourth-order valence-corrected chi connectivity index (χ4v) is 3.07. The highest BCUT2D eigenvalue weighted by molar-refractivity contribution is 7.13. The quantitative estimate of drug-likeness (QED) is 0.611. The molecule has 1 heterocycles. The molecule has 0 bridgehead atoms. The smallest absolute Gasteiger partial charge is 0.279 e. The van der Waals surface area contributed by atoms with Gasteiger partial charge in [0.05, 0.1) is 12.2 Å². The van der Waals surface area contributed by atoms with Crippen molar-refractivity contribution < 1.29 is 9.53 Å². The Bertz CT molecular complexity index is 972. The highest BCUT2D eigenvalue weighted by atomic mass is 32.1. The summed E-state index contributed by atoms with van der Waals surface area (Å²) in [6, 6.07) is 17.8. The van der Waals surface area contributed by atoms with Crippen LogP contribution in [0.3, 0.4) is 0 Å². The predicted molar refractivity (Wildman–Crippen MR) is 113 cm³/mol. The van der Waals surface area contributed by atoms with Gasteiger partial charge in [-0.15, -0.1) is 0 Å². The van der Waals surface area contributed by atoms with Gasteiger partial charge < -0.3 is 15.4 Å². The normalized spacial score (nSPS) is 11.1. The predicted octanol–water partition coefficient (Wildman–Crippen LogP) is 4.42. The number of amides is 1. The largest absolute Gasteiger partial charge is 0.431 e. The number of hydrogen-bond donors (Lipinski definition) is 2. The number of rotatable bonds is 6. The summed E-state index contributed by atoms with van der Waals surface area (Å²) in [5, 5.41) is 6.63. The van der Waals surface area contributed by atoms with Crippen LogP contribution in [-0.4, -0.2) is 16.9 Å². The van der Waals surface area contributed by atoms with Gasteiger partial charge in [0.15, 0.2) is 0 Å². The van der Waals surface area contributed by atoms with Gasteiger partial charge in [0, 0.05) is 19.2 Å². The van der Waals surface area contributed by atoms with Crippen molar-refractivity contribution >= 4 is 22.9 Å². The van der Waals surface area contributed by atoms with E-state index in [-0.39, 0.29) is 11.9 Å². The molecule has 2 N–H and O–H groups in total. The average molecular weight is 391 g/mol. The molecule has 6 heteroatoms. The van der Waals surface area contributed by atoms with Crippen molar-refractivity contribution in [2.45, 2.75) is 26.4 Å². The molecule has 28 heavy (non-hydrogen) atoms. The average Bonchev–Trinajstić information content (AvgIpc) is 3.13. The third-order valence-corrected chi connectivity index (χ3v) is 4.51. The molecule has 1 atom stereocenters. The van der Waals surface area contributed by atoms with Gasteiger partial charge in [-0.05, 0) is 36.8 Å². The summed E-state index contributed by atoms with van der Waals surface area (Å²) in [7, 11) is 0. The van der Waals surface area contributed by atoms with E-state index in [0.29, 0.717) is 10.9 Å². The second-order valence-corrected chi connectivity index (χ2v) is 7.14. The molecule has 0 spiro atoms. The Kier molecular flexibility index (Phi) is 6.66. The molecule has 5 nitrogen and oxygen atoms in total. The summed E-state index contributed by atoms with van der Waals surface area (Å²) >= 11 is 1.37. The van der Waals surface area contributed by atoms with E-state index >= 15 is 0 Å². The molecule has 0 aliphatic rings. The first-order valence-corrected chi connectivity index (χ1v) is 9.70. The van der Waals surface area contributed by atoms with E-state index in [1.54, 1.807) is 6.20 Å². The minimum Gasteiger partial charge on any atom is -0.431 e. The number of carbonyl (C=O) groups excluding carboxylic acids is 1. The minimum atomic E-state index is -0.208. The van der Waals surface area contributed by atoms with E-state index in [1.807, 2.05) is 49.4 Å². The first-order chi connectivity index (χ1) is 13.6. The van der Waals surface area contributed by atoms with Crippen LogP contribution in [-0.2, 0) is 11.3 Å². The maximum absolute atomic E-state index is 11.0. The second kappa shape index (κ2) is 9.58. The molecule has 2 aromatic carbocycles. The van der Waals surface area contributed by atoms with E-state index in [9.17, 15) is 4.79 Å². The molecule has 3 rings (SSSR count). The number of benzene rings is 2. The summed E-state index contributed by atoms with van der Waals surface area (Å²) in [5.74, 6) is 6.58. The fourth-order valence-electron chi connectivity index (χ4n) is 2.43. The topological polar surface area (TPSA) is 63.2 Å². The second-order valence-electron chi connectivity index (χ2n) is 6.15. The number of anilines is 1. The standard InChI is InChI=1S/C22H21N3O2S/c1-16(25-17(2)26)8-13-21-15-24-22(28-21)27-20-11-9-19(10-12-20)23-14-18-6-4-3-5-7-18/h3-7,9-12,15-16,23H,14H2,1-2H3,(H,25,26). The van der Waals surface area contributed by atoms with Crippen LogP contribution in [0.5, 0.6) is 10.9 Å². The van der Waals surface area contributed by atoms with Crippen LogP contribution in [0.2, 0.25) is 0 Å². The zero-order chi connectivity index (χ0) is 19.8. The zero-order valence-corrected chi connectivity index (χ0v) is 16.5. The number of nitrogens with one attached hydrogen (secondary N) is 2. The lowest BCUT2D eigenvalue weighted by molar-refractivity contribution is -0.119. The van der Waals surface area contributed by atoms with E-state index in [4.69, 9.17) is 4.74 Å². The van der Waals surface area contributed by atoms with Crippen LogP contribution in [0.15, 0.2) is 60.8 Å². The molecule has 0 saturated heterocycles. The molecule has 0 aliphatic heterocycles. The number of carbonyl (C=O) groups is 1. The molecular weight excluding hydrogens is 370 g/mol. The number of hydrogen-bond acceptors (Lipinski definition) is 5. The number of ether oxygens (including phenoxy) is 1. The van der Waals surface area contributed by atoms with Crippen LogP contribution < -0.4 is 15.4 Å².